The highest BCUT2D eigenvalue weighted by Crippen LogP contribution is 2.37. The number of hydrogen-bond acceptors (Lipinski definition) is 8. The van der Waals surface area contributed by atoms with Crippen LogP contribution in [0.1, 0.15) is 23.3 Å². The molecule has 10 heteroatoms. The minimum atomic E-state index is -0.123. The Kier molecular flexibility index (Phi) is 5.12. The number of thiophene rings is 1. The maximum absolute atomic E-state index is 12.5. The molecule has 1 amide bonds. The van der Waals surface area contributed by atoms with Gasteiger partial charge in [0.25, 0.3) is 0 Å². The number of aryl methyl sites for hydroxylation is 2. The Hall–Kier alpha value is -2.82. The summed E-state index contributed by atoms with van der Waals surface area (Å²) in [6.07, 6.45) is 6.42. The highest BCUT2D eigenvalue weighted by molar-refractivity contribution is 7.99. The van der Waals surface area contributed by atoms with Gasteiger partial charge in [-0.3, -0.25) is 9.20 Å². The van der Waals surface area contributed by atoms with Crippen LogP contribution in [-0.2, 0) is 17.6 Å². The van der Waals surface area contributed by atoms with Crippen molar-refractivity contribution in [3.63, 3.8) is 0 Å². The average molecular weight is 479 g/mol. The van der Waals surface area contributed by atoms with Gasteiger partial charge in [-0.15, -0.1) is 32.9 Å². The van der Waals surface area contributed by atoms with Gasteiger partial charge in [0.2, 0.25) is 5.91 Å². The van der Waals surface area contributed by atoms with Crippen molar-refractivity contribution in [3.8, 4) is 11.3 Å². The van der Waals surface area contributed by atoms with Crippen LogP contribution in [0.15, 0.2) is 47.2 Å². The normalized spacial score (nSPS) is 13.5. The fraction of sp³-hybridized carbons (Fsp3) is 0.227. The Labute approximate surface area is 195 Å². The number of amides is 1. The molecule has 0 spiro atoms. The number of nitrogens with one attached hydrogen (secondary N) is 1. The number of benzene rings is 1. The van der Waals surface area contributed by atoms with Crippen molar-refractivity contribution in [3.05, 3.63) is 52.5 Å². The number of anilines is 1. The van der Waals surface area contributed by atoms with Crippen LogP contribution >= 0.6 is 34.4 Å². The first kappa shape index (κ1) is 19.8. The zero-order valence-corrected chi connectivity index (χ0v) is 19.4. The minimum absolute atomic E-state index is 0.123. The van der Waals surface area contributed by atoms with Gasteiger partial charge in [0.1, 0.15) is 11.2 Å². The van der Waals surface area contributed by atoms with Crippen molar-refractivity contribution in [2.45, 2.75) is 30.8 Å². The number of rotatable bonds is 5. The van der Waals surface area contributed by atoms with Crippen LogP contribution < -0.4 is 5.32 Å². The number of fused-ring (bicyclic) bond motifs is 5. The second kappa shape index (κ2) is 8.27. The van der Waals surface area contributed by atoms with E-state index in [1.165, 1.54) is 46.4 Å². The number of aromatic nitrogens is 5. The summed E-state index contributed by atoms with van der Waals surface area (Å²) in [6, 6.07) is 9.92. The van der Waals surface area contributed by atoms with Gasteiger partial charge < -0.3 is 5.32 Å². The van der Waals surface area contributed by atoms with E-state index in [9.17, 15) is 4.79 Å². The molecule has 0 saturated carbocycles. The van der Waals surface area contributed by atoms with Crippen molar-refractivity contribution < 1.29 is 4.79 Å². The maximum atomic E-state index is 12.5. The largest absolute Gasteiger partial charge is 0.301 e. The third kappa shape index (κ3) is 3.58. The topological polar surface area (TPSA) is 85.1 Å². The molecule has 6 rings (SSSR count). The standard InChI is InChI=1S/C22H18N6OS3/c29-17(25-21-24-15(10-30-21)13-6-2-1-3-7-13)11-31-22-27-26-19-18-14-8-4-5-9-16(14)32-20(18)23-12-28(19)22/h1-3,6-7,10,12H,4-5,8-9,11H2,(H,24,25,29). The van der Waals surface area contributed by atoms with Crippen molar-refractivity contribution in [2.24, 2.45) is 0 Å². The van der Waals surface area contributed by atoms with Crippen molar-refractivity contribution in [1.82, 2.24) is 24.6 Å². The molecule has 5 aromatic rings. The molecular formula is C22H18N6OS3. The lowest BCUT2D eigenvalue weighted by molar-refractivity contribution is -0.113. The van der Waals surface area contributed by atoms with Gasteiger partial charge >= 0.3 is 0 Å². The molecule has 0 atom stereocenters. The highest BCUT2D eigenvalue weighted by Gasteiger charge is 2.21. The summed E-state index contributed by atoms with van der Waals surface area (Å²) >= 11 is 4.55. The van der Waals surface area contributed by atoms with Crippen molar-refractivity contribution >= 4 is 61.3 Å². The summed E-state index contributed by atoms with van der Waals surface area (Å²) in [5.41, 5.74) is 4.11. The van der Waals surface area contributed by atoms with Gasteiger partial charge in [-0.1, -0.05) is 42.1 Å². The molecule has 1 N–H and O–H groups in total. The summed E-state index contributed by atoms with van der Waals surface area (Å²) in [7, 11) is 0. The summed E-state index contributed by atoms with van der Waals surface area (Å²) in [4.78, 5) is 24.2. The Bertz CT molecular complexity index is 1440. The molecular weight excluding hydrogens is 460 g/mol. The smallest absolute Gasteiger partial charge is 0.236 e. The minimum Gasteiger partial charge on any atom is -0.301 e. The second-order valence-corrected chi connectivity index (χ2v) is 10.4. The molecule has 0 saturated heterocycles. The first-order chi connectivity index (χ1) is 15.8. The number of carbonyl (C=O) groups is 1. The summed E-state index contributed by atoms with van der Waals surface area (Å²) < 4.78 is 1.90. The second-order valence-electron chi connectivity index (χ2n) is 7.55. The van der Waals surface area contributed by atoms with Crippen LogP contribution in [0.5, 0.6) is 0 Å². The molecule has 0 aliphatic heterocycles. The Morgan fingerprint density at radius 2 is 2.03 bits per heavy atom. The van der Waals surface area contributed by atoms with Crippen LogP contribution in [-0.4, -0.2) is 36.2 Å². The lowest BCUT2D eigenvalue weighted by Gasteiger charge is -2.10. The fourth-order valence-electron chi connectivity index (χ4n) is 3.99. The predicted molar refractivity (Wildman–Crippen MR) is 130 cm³/mol. The number of carbonyl (C=O) groups excluding carboxylic acids is 1. The van der Waals surface area contributed by atoms with E-state index in [4.69, 9.17) is 0 Å². The lowest BCUT2D eigenvalue weighted by Crippen LogP contribution is -2.14. The molecule has 1 aliphatic carbocycles. The Morgan fingerprint density at radius 3 is 2.94 bits per heavy atom. The number of nitrogens with zero attached hydrogens (tertiary/aromatic N) is 5. The first-order valence-corrected chi connectivity index (χ1v) is 13.0. The van der Waals surface area contributed by atoms with Gasteiger partial charge in [-0.2, -0.15) is 0 Å². The van der Waals surface area contributed by atoms with E-state index in [1.807, 2.05) is 40.1 Å². The van der Waals surface area contributed by atoms with E-state index in [0.29, 0.717) is 10.3 Å². The van der Waals surface area contributed by atoms with E-state index < -0.39 is 0 Å². The molecule has 1 aliphatic rings. The monoisotopic (exact) mass is 478 g/mol. The Morgan fingerprint density at radius 1 is 1.16 bits per heavy atom. The van der Waals surface area contributed by atoms with Crippen LogP contribution in [0.25, 0.3) is 27.1 Å². The van der Waals surface area contributed by atoms with Crippen molar-refractivity contribution in [1.29, 1.82) is 0 Å². The van der Waals surface area contributed by atoms with Crippen LogP contribution in [0.4, 0.5) is 5.13 Å². The number of thiazole rings is 1. The zero-order valence-electron chi connectivity index (χ0n) is 16.9. The van der Waals surface area contributed by atoms with Gasteiger partial charge in [0.05, 0.1) is 16.8 Å². The van der Waals surface area contributed by atoms with E-state index in [-0.39, 0.29) is 11.7 Å². The predicted octanol–water partition coefficient (Wildman–Crippen LogP) is 5.07. The van der Waals surface area contributed by atoms with E-state index >= 15 is 0 Å². The van der Waals surface area contributed by atoms with Crippen LogP contribution in [0.2, 0.25) is 0 Å². The lowest BCUT2D eigenvalue weighted by atomic mass is 9.97. The molecule has 1 aromatic carbocycles. The van der Waals surface area contributed by atoms with E-state index in [1.54, 1.807) is 17.7 Å². The molecule has 0 unspecified atom stereocenters. The molecule has 4 aromatic heterocycles. The number of thioether (sulfide) groups is 1. The third-order valence-electron chi connectivity index (χ3n) is 5.48. The molecule has 32 heavy (non-hydrogen) atoms. The van der Waals surface area contributed by atoms with Gasteiger partial charge in [0.15, 0.2) is 15.9 Å². The molecule has 7 nitrogen and oxygen atoms in total. The van der Waals surface area contributed by atoms with E-state index in [0.717, 1.165) is 40.0 Å². The third-order valence-corrected chi connectivity index (χ3v) is 8.38. The van der Waals surface area contributed by atoms with Gasteiger partial charge in [-0.05, 0) is 31.2 Å². The maximum Gasteiger partial charge on any atom is 0.236 e. The summed E-state index contributed by atoms with van der Waals surface area (Å²) in [6.45, 7) is 0. The molecule has 0 fully saturated rings. The van der Waals surface area contributed by atoms with Crippen LogP contribution in [0.3, 0.4) is 0 Å². The van der Waals surface area contributed by atoms with Crippen molar-refractivity contribution in [2.75, 3.05) is 11.1 Å². The first-order valence-electron chi connectivity index (χ1n) is 10.3. The molecule has 0 bridgehead atoms. The molecule has 0 radical (unpaired) electrons. The van der Waals surface area contributed by atoms with Gasteiger partial charge in [-0.25, -0.2) is 9.97 Å². The summed E-state index contributed by atoms with van der Waals surface area (Å²) in [5, 5.41) is 16.0. The van der Waals surface area contributed by atoms with Crippen LogP contribution in [0, 0.1) is 0 Å². The molecule has 4 heterocycles. The number of hydrogen-bond donors (Lipinski definition) is 1. The summed E-state index contributed by atoms with van der Waals surface area (Å²) in [5.74, 6) is 0.101. The molecule has 160 valence electrons. The zero-order chi connectivity index (χ0) is 21.5. The SMILES string of the molecule is O=C(CSc1nnc2c3c4c(sc3ncn12)CCCC4)Nc1nc(-c2ccccc2)cs1. The quantitative estimate of drug-likeness (QED) is 0.355. The fourth-order valence-corrected chi connectivity index (χ4v) is 6.65. The van der Waals surface area contributed by atoms with E-state index in [2.05, 4.69) is 25.5 Å². The highest BCUT2D eigenvalue weighted by atomic mass is 32.2. The van der Waals surface area contributed by atoms with Gasteiger partial charge in [0, 0.05) is 15.8 Å². The Balaban J connectivity index is 1.18. The average Bonchev–Trinajstić information content (AvgIpc) is 3.54.